The number of ketones is 1. The van der Waals surface area contributed by atoms with Gasteiger partial charge in [-0.2, -0.15) is 0 Å². The third-order valence-electron chi connectivity index (χ3n) is 3.55. The first-order valence-corrected chi connectivity index (χ1v) is 7.20. The molecule has 2 rings (SSSR count). The SMILES string of the molecule is O=C(CN(CCO)C1CCC1)c1cc(Cl)ccc1Cl. The third-order valence-corrected chi connectivity index (χ3v) is 4.12. The quantitative estimate of drug-likeness (QED) is 0.821. The summed E-state index contributed by atoms with van der Waals surface area (Å²) in [5.74, 6) is -0.0483. The summed E-state index contributed by atoms with van der Waals surface area (Å²) in [5.41, 5.74) is 0.455. The number of benzene rings is 1. The van der Waals surface area contributed by atoms with Gasteiger partial charge in [-0.15, -0.1) is 0 Å². The fraction of sp³-hybridized carbons (Fsp3) is 0.500. The summed E-state index contributed by atoms with van der Waals surface area (Å²) < 4.78 is 0. The highest BCUT2D eigenvalue weighted by atomic mass is 35.5. The van der Waals surface area contributed by atoms with Crippen molar-refractivity contribution in [3.63, 3.8) is 0 Å². The highest BCUT2D eigenvalue weighted by Gasteiger charge is 2.26. The fourth-order valence-electron chi connectivity index (χ4n) is 2.25. The average Bonchev–Trinajstić information content (AvgIpc) is 2.30. The molecule has 19 heavy (non-hydrogen) atoms. The summed E-state index contributed by atoms with van der Waals surface area (Å²) in [6.45, 7) is 0.868. The van der Waals surface area contributed by atoms with E-state index in [2.05, 4.69) is 0 Å². The van der Waals surface area contributed by atoms with Gasteiger partial charge in [0.25, 0.3) is 0 Å². The largest absolute Gasteiger partial charge is 0.395 e. The topological polar surface area (TPSA) is 40.5 Å². The number of hydrogen-bond donors (Lipinski definition) is 1. The Hall–Kier alpha value is -0.610. The first-order chi connectivity index (χ1) is 9.11. The molecule has 0 bridgehead atoms. The van der Waals surface area contributed by atoms with E-state index < -0.39 is 0 Å². The lowest BCUT2D eigenvalue weighted by Crippen LogP contribution is -2.44. The normalized spacial score (nSPS) is 15.6. The summed E-state index contributed by atoms with van der Waals surface area (Å²) in [6.07, 6.45) is 3.38. The fourth-order valence-corrected chi connectivity index (χ4v) is 2.65. The van der Waals surface area contributed by atoms with Crippen LogP contribution >= 0.6 is 23.2 Å². The van der Waals surface area contributed by atoms with Gasteiger partial charge in [0.05, 0.1) is 18.2 Å². The first kappa shape index (κ1) is 14.8. The van der Waals surface area contributed by atoms with Crippen molar-refractivity contribution in [2.45, 2.75) is 25.3 Å². The summed E-state index contributed by atoms with van der Waals surface area (Å²) >= 11 is 11.9. The summed E-state index contributed by atoms with van der Waals surface area (Å²) in [7, 11) is 0. The van der Waals surface area contributed by atoms with E-state index in [9.17, 15) is 4.79 Å². The maximum absolute atomic E-state index is 12.3. The third kappa shape index (κ3) is 3.69. The zero-order valence-corrected chi connectivity index (χ0v) is 12.1. The van der Waals surface area contributed by atoms with E-state index in [1.807, 2.05) is 4.90 Å². The smallest absolute Gasteiger partial charge is 0.178 e. The van der Waals surface area contributed by atoms with Crippen molar-refractivity contribution in [1.29, 1.82) is 0 Å². The monoisotopic (exact) mass is 301 g/mol. The lowest BCUT2D eigenvalue weighted by Gasteiger charge is -2.36. The minimum Gasteiger partial charge on any atom is -0.395 e. The second-order valence-corrected chi connectivity index (χ2v) is 5.67. The molecule has 1 aliphatic rings. The molecule has 5 heteroatoms. The molecule has 0 unspecified atom stereocenters. The molecule has 1 N–H and O–H groups in total. The zero-order valence-electron chi connectivity index (χ0n) is 10.6. The van der Waals surface area contributed by atoms with Crippen LogP contribution in [-0.4, -0.2) is 41.5 Å². The van der Waals surface area contributed by atoms with Gasteiger partial charge in [-0.3, -0.25) is 9.69 Å². The first-order valence-electron chi connectivity index (χ1n) is 6.45. The summed E-state index contributed by atoms with van der Waals surface area (Å²) in [5, 5.41) is 10.0. The highest BCUT2D eigenvalue weighted by molar-refractivity contribution is 6.36. The van der Waals surface area contributed by atoms with Gasteiger partial charge in [0.1, 0.15) is 0 Å². The molecule has 0 heterocycles. The molecule has 0 aromatic heterocycles. The maximum atomic E-state index is 12.3. The molecule has 0 aliphatic heterocycles. The molecular formula is C14H17Cl2NO2. The molecule has 104 valence electrons. The van der Waals surface area contributed by atoms with Crippen molar-refractivity contribution in [3.8, 4) is 0 Å². The Bertz CT molecular complexity index is 461. The number of Topliss-reactive ketones (excluding diaryl/α,β-unsaturated/α-hetero) is 1. The molecule has 0 atom stereocenters. The predicted molar refractivity (Wildman–Crippen MR) is 77.1 cm³/mol. The number of carbonyl (C=O) groups is 1. The Morgan fingerprint density at radius 2 is 2.11 bits per heavy atom. The Morgan fingerprint density at radius 3 is 2.68 bits per heavy atom. The van der Waals surface area contributed by atoms with Gasteiger partial charge in [-0.1, -0.05) is 29.6 Å². The lowest BCUT2D eigenvalue weighted by molar-refractivity contribution is 0.0747. The van der Waals surface area contributed by atoms with Crippen LogP contribution in [0.25, 0.3) is 0 Å². The van der Waals surface area contributed by atoms with E-state index in [0.717, 1.165) is 12.8 Å². The number of halogens is 2. The van der Waals surface area contributed by atoms with Gasteiger partial charge < -0.3 is 5.11 Å². The highest BCUT2D eigenvalue weighted by Crippen LogP contribution is 2.26. The van der Waals surface area contributed by atoms with Crippen molar-refractivity contribution in [2.75, 3.05) is 19.7 Å². The van der Waals surface area contributed by atoms with E-state index in [1.165, 1.54) is 6.42 Å². The molecule has 3 nitrogen and oxygen atoms in total. The molecule has 0 amide bonds. The second-order valence-electron chi connectivity index (χ2n) is 4.83. The Morgan fingerprint density at radius 1 is 1.37 bits per heavy atom. The number of hydrogen-bond acceptors (Lipinski definition) is 3. The molecule has 1 fully saturated rings. The summed E-state index contributed by atoms with van der Waals surface area (Å²) in [4.78, 5) is 14.3. The van der Waals surface area contributed by atoms with E-state index in [4.69, 9.17) is 28.3 Å². The number of rotatable bonds is 6. The summed E-state index contributed by atoms with van der Waals surface area (Å²) in [6, 6.07) is 5.31. The van der Waals surface area contributed by atoms with Crippen molar-refractivity contribution >= 4 is 29.0 Å². The number of aliphatic hydroxyl groups excluding tert-OH is 1. The van der Waals surface area contributed by atoms with Crippen LogP contribution in [0, 0.1) is 0 Å². The van der Waals surface area contributed by atoms with Crippen LogP contribution in [0.1, 0.15) is 29.6 Å². The van der Waals surface area contributed by atoms with Crippen LogP contribution in [0.5, 0.6) is 0 Å². The van der Waals surface area contributed by atoms with Crippen LogP contribution < -0.4 is 0 Å². The molecule has 0 saturated heterocycles. The number of aliphatic hydroxyl groups is 1. The van der Waals surface area contributed by atoms with Crippen LogP contribution in [0.15, 0.2) is 18.2 Å². The molecular weight excluding hydrogens is 285 g/mol. The standard InChI is InChI=1S/C14H17Cl2NO2/c15-10-4-5-13(16)12(8-10)14(19)9-17(6-7-18)11-2-1-3-11/h4-5,8,11,18H,1-3,6-7,9H2. The molecule has 0 radical (unpaired) electrons. The molecule has 1 saturated carbocycles. The van der Waals surface area contributed by atoms with Crippen LogP contribution in [0.3, 0.4) is 0 Å². The van der Waals surface area contributed by atoms with E-state index in [-0.39, 0.29) is 18.9 Å². The lowest BCUT2D eigenvalue weighted by atomic mass is 9.91. The van der Waals surface area contributed by atoms with Gasteiger partial charge in [-0.25, -0.2) is 0 Å². The second kappa shape index (κ2) is 6.71. The van der Waals surface area contributed by atoms with Gasteiger partial charge in [0, 0.05) is 23.2 Å². The molecule has 1 aliphatic carbocycles. The van der Waals surface area contributed by atoms with Crippen molar-refractivity contribution in [1.82, 2.24) is 4.90 Å². The van der Waals surface area contributed by atoms with E-state index in [1.54, 1.807) is 18.2 Å². The maximum Gasteiger partial charge on any atom is 0.178 e. The van der Waals surface area contributed by atoms with Crippen LogP contribution in [-0.2, 0) is 0 Å². The Kier molecular flexibility index (Phi) is 5.22. The van der Waals surface area contributed by atoms with Gasteiger partial charge in [0.2, 0.25) is 0 Å². The van der Waals surface area contributed by atoms with Crippen LogP contribution in [0.2, 0.25) is 10.0 Å². The molecule has 0 spiro atoms. The Labute approximate surface area is 123 Å². The van der Waals surface area contributed by atoms with Crippen molar-refractivity contribution < 1.29 is 9.90 Å². The number of carbonyl (C=O) groups excluding carboxylic acids is 1. The van der Waals surface area contributed by atoms with Crippen molar-refractivity contribution in [2.24, 2.45) is 0 Å². The van der Waals surface area contributed by atoms with Gasteiger partial charge in [0.15, 0.2) is 5.78 Å². The zero-order chi connectivity index (χ0) is 13.8. The Balaban J connectivity index is 2.07. The average molecular weight is 302 g/mol. The molecule has 1 aromatic rings. The van der Waals surface area contributed by atoms with E-state index >= 15 is 0 Å². The molecule has 1 aromatic carbocycles. The minimum absolute atomic E-state index is 0.0483. The van der Waals surface area contributed by atoms with Gasteiger partial charge >= 0.3 is 0 Å². The van der Waals surface area contributed by atoms with Crippen LogP contribution in [0.4, 0.5) is 0 Å². The predicted octanol–water partition coefficient (Wildman–Crippen LogP) is 3.02. The van der Waals surface area contributed by atoms with E-state index in [0.29, 0.717) is 28.2 Å². The minimum atomic E-state index is -0.0483. The van der Waals surface area contributed by atoms with Gasteiger partial charge in [-0.05, 0) is 31.0 Å². The number of nitrogens with zero attached hydrogens (tertiary/aromatic N) is 1. The van der Waals surface area contributed by atoms with Crippen molar-refractivity contribution in [3.05, 3.63) is 33.8 Å².